The van der Waals surface area contributed by atoms with E-state index in [2.05, 4.69) is 19.8 Å². The van der Waals surface area contributed by atoms with Gasteiger partial charge in [0, 0.05) is 56.2 Å². The molecule has 2 unspecified atom stereocenters. The van der Waals surface area contributed by atoms with Gasteiger partial charge in [0.25, 0.3) is 0 Å². The Morgan fingerprint density at radius 2 is 1.40 bits per heavy atom. The number of piperazine rings is 1. The Bertz CT molecular complexity index is 821. The maximum Gasteiger partial charge on any atom is 0.225 e. The van der Waals surface area contributed by atoms with Gasteiger partial charge in [-0.15, -0.1) is 0 Å². The molecule has 2 atom stereocenters. The quantitative estimate of drug-likeness (QED) is 0.709. The minimum atomic E-state index is 0.343. The molecule has 1 saturated carbocycles. The van der Waals surface area contributed by atoms with Crippen molar-refractivity contribution in [3.05, 3.63) is 29.6 Å². The first kappa shape index (κ1) is 19.7. The van der Waals surface area contributed by atoms with Crippen molar-refractivity contribution in [1.29, 1.82) is 0 Å². The van der Waals surface area contributed by atoms with Crippen LogP contribution in [0, 0.1) is 0 Å². The highest BCUT2D eigenvalue weighted by Crippen LogP contribution is 2.54. The van der Waals surface area contributed by atoms with Crippen molar-refractivity contribution in [3.63, 3.8) is 0 Å². The molecule has 0 spiro atoms. The van der Waals surface area contributed by atoms with Crippen LogP contribution in [0.15, 0.2) is 18.5 Å². The monoisotopic (exact) mass is 411 g/mol. The van der Waals surface area contributed by atoms with Crippen LogP contribution in [0.5, 0.6) is 11.8 Å². The Labute approximate surface area is 178 Å². The molecule has 1 aliphatic heterocycles. The molecule has 7 heteroatoms. The van der Waals surface area contributed by atoms with Gasteiger partial charge in [-0.2, -0.15) is 0 Å². The second-order valence-electron chi connectivity index (χ2n) is 9.11. The Kier molecular flexibility index (Phi) is 5.54. The molecule has 6 rings (SSSR count). The SMILES string of the molecule is Oc1c2c(c(O)n1CCCCN1CCN(c3ncccn3)CC1)C1CCCC2CC1. The van der Waals surface area contributed by atoms with E-state index in [0.29, 0.717) is 30.1 Å². The van der Waals surface area contributed by atoms with Crippen LogP contribution in [0.4, 0.5) is 5.95 Å². The maximum atomic E-state index is 10.9. The number of anilines is 1. The van der Waals surface area contributed by atoms with Crippen LogP contribution >= 0.6 is 0 Å². The van der Waals surface area contributed by atoms with Crippen LogP contribution in [-0.2, 0) is 6.54 Å². The van der Waals surface area contributed by atoms with E-state index in [4.69, 9.17) is 0 Å². The summed E-state index contributed by atoms with van der Waals surface area (Å²) in [4.78, 5) is 13.4. The first-order valence-corrected chi connectivity index (χ1v) is 11.6. The summed E-state index contributed by atoms with van der Waals surface area (Å²) in [6.45, 7) is 5.71. The largest absolute Gasteiger partial charge is 0.494 e. The summed E-state index contributed by atoms with van der Waals surface area (Å²) in [6.07, 6.45) is 11.5. The van der Waals surface area contributed by atoms with Crippen LogP contribution in [0.3, 0.4) is 0 Å². The fourth-order valence-electron chi connectivity index (χ4n) is 5.76. The van der Waals surface area contributed by atoms with Crippen LogP contribution in [0.25, 0.3) is 0 Å². The molecule has 0 radical (unpaired) electrons. The number of hydrogen-bond acceptors (Lipinski definition) is 6. The van der Waals surface area contributed by atoms with Crippen LogP contribution < -0.4 is 4.90 Å². The number of unbranched alkanes of at least 4 members (excludes halogenated alkanes) is 1. The van der Waals surface area contributed by atoms with Crippen molar-refractivity contribution in [2.75, 3.05) is 37.6 Å². The lowest BCUT2D eigenvalue weighted by Gasteiger charge is -2.34. The Balaban J connectivity index is 1.13. The average Bonchev–Trinajstić information content (AvgIpc) is 2.99. The van der Waals surface area contributed by atoms with E-state index in [9.17, 15) is 10.2 Å². The molecule has 2 aromatic rings. The van der Waals surface area contributed by atoms with E-state index in [1.54, 1.807) is 17.0 Å². The van der Waals surface area contributed by atoms with Gasteiger partial charge in [0.2, 0.25) is 5.95 Å². The van der Waals surface area contributed by atoms with E-state index in [-0.39, 0.29) is 0 Å². The second kappa shape index (κ2) is 8.46. The summed E-state index contributed by atoms with van der Waals surface area (Å²) in [5.41, 5.74) is 2.14. The molecule has 0 amide bonds. The Morgan fingerprint density at radius 1 is 0.800 bits per heavy atom. The highest BCUT2D eigenvalue weighted by Gasteiger charge is 2.38. The predicted octanol–water partition coefficient (Wildman–Crippen LogP) is 3.44. The first-order chi connectivity index (χ1) is 14.7. The summed E-state index contributed by atoms with van der Waals surface area (Å²) >= 11 is 0. The molecule has 30 heavy (non-hydrogen) atoms. The molecule has 3 heterocycles. The molecular weight excluding hydrogens is 378 g/mol. The second-order valence-corrected chi connectivity index (χ2v) is 9.11. The summed E-state index contributed by atoms with van der Waals surface area (Å²) in [5.74, 6) is 2.39. The van der Waals surface area contributed by atoms with Crippen molar-refractivity contribution >= 4 is 5.95 Å². The lowest BCUT2D eigenvalue weighted by atomic mass is 9.80. The maximum absolute atomic E-state index is 10.9. The first-order valence-electron chi connectivity index (χ1n) is 11.6. The van der Waals surface area contributed by atoms with Gasteiger partial charge in [-0.3, -0.25) is 9.47 Å². The van der Waals surface area contributed by atoms with Gasteiger partial charge in [0.1, 0.15) is 0 Å². The molecule has 1 saturated heterocycles. The van der Waals surface area contributed by atoms with E-state index in [0.717, 1.165) is 88.3 Å². The third-order valence-electron chi connectivity index (χ3n) is 7.38. The zero-order chi connectivity index (χ0) is 20.5. The summed E-state index contributed by atoms with van der Waals surface area (Å²) in [5, 5.41) is 21.7. The molecule has 4 aliphatic rings. The van der Waals surface area contributed by atoms with Crippen molar-refractivity contribution < 1.29 is 10.2 Å². The average molecular weight is 412 g/mol. The van der Waals surface area contributed by atoms with Crippen molar-refractivity contribution in [2.24, 2.45) is 0 Å². The molecule has 7 nitrogen and oxygen atoms in total. The van der Waals surface area contributed by atoms with Gasteiger partial charge in [0.05, 0.1) is 0 Å². The molecule has 2 bridgehead atoms. The minimum Gasteiger partial charge on any atom is -0.494 e. The molecule has 162 valence electrons. The van der Waals surface area contributed by atoms with Crippen molar-refractivity contribution in [2.45, 2.75) is 63.3 Å². The van der Waals surface area contributed by atoms with Crippen LogP contribution in [0.2, 0.25) is 0 Å². The van der Waals surface area contributed by atoms with E-state index in [1.165, 1.54) is 6.42 Å². The number of aromatic hydroxyl groups is 2. The Hall–Kier alpha value is -2.28. The summed E-state index contributed by atoms with van der Waals surface area (Å²) in [7, 11) is 0. The molecule has 0 aromatic carbocycles. The molecule has 2 aromatic heterocycles. The normalized spacial score (nSPS) is 24.1. The number of fused-ring (bicyclic) bond motifs is 3. The van der Waals surface area contributed by atoms with Crippen molar-refractivity contribution in [1.82, 2.24) is 19.4 Å². The van der Waals surface area contributed by atoms with E-state index >= 15 is 0 Å². The molecular formula is C23H33N5O2. The van der Waals surface area contributed by atoms with Gasteiger partial charge in [-0.05, 0) is 63.0 Å². The number of rotatable bonds is 6. The third kappa shape index (κ3) is 3.64. The topological polar surface area (TPSA) is 77.7 Å². The number of hydrogen-bond donors (Lipinski definition) is 2. The van der Waals surface area contributed by atoms with Gasteiger partial charge >= 0.3 is 0 Å². The zero-order valence-corrected chi connectivity index (χ0v) is 17.7. The number of nitrogens with zero attached hydrogens (tertiary/aromatic N) is 5. The highest BCUT2D eigenvalue weighted by atomic mass is 16.3. The van der Waals surface area contributed by atoms with Crippen LogP contribution in [0.1, 0.15) is 67.9 Å². The lowest BCUT2D eigenvalue weighted by Crippen LogP contribution is -2.47. The van der Waals surface area contributed by atoms with E-state index in [1.807, 2.05) is 6.07 Å². The number of aromatic nitrogens is 3. The molecule has 2 fully saturated rings. The highest BCUT2D eigenvalue weighted by molar-refractivity contribution is 5.51. The van der Waals surface area contributed by atoms with E-state index < -0.39 is 0 Å². The van der Waals surface area contributed by atoms with Crippen molar-refractivity contribution in [3.8, 4) is 11.8 Å². The standard InChI is InChI=1S/C23H33N5O2/c29-21-19-17-5-3-6-18(8-7-17)20(19)22(30)28(21)12-2-1-11-26-13-15-27(16-14-26)23-24-9-4-10-25-23/h4,9-10,17-18,29-30H,1-3,5-8,11-16H2. The fourth-order valence-corrected chi connectivity index (χ4v) is 5.76. The lowest BCUT2D eigenvalue weighted by molar-refractivity contribution is 0.248. The summed E-state index contributed by atoms with van der Waals surface area (Å²) < 4.78 is 1.78. The molecule has 2 N–H and O–H groups in total. The minimum absolute atomic E-state index is 0.343. The fraction of sp³-hybridized carbons (Fsp3) is 0.652. The van der Waals surface area contributed by atoms with Crippen LogP contribution in [-0.4, -0.2) is 62.4 Å². The zero-order valence-electron chi connectivity index (χ0n) is 17.7. The van der Waals surface area contributed by atoms with Gasteiger partial charge in [0.15, 0.2) is 11.8 Å². The van der Waals surface area contributed by atoms with Gasteiger partial charge in [-0.25, -0.2) is 9.97 Å². The summed E-state index contributed by atoms with van der Waals surface area (Å²) in [6, 6.07) is 1.85. The van der Waals surface area contributed by atoms with Gasteiger partial charge in [-0.1, -0.05) is 6.42 Å². The molecule has 3 aliphatic carbocycles. The van der Waals surface area contributed by atoms with Gasteiger partial charge < -0.3 is 15.1 Å². The third-order valence-corrected chi connectivity index (χ3v) is 7.38. The predicted molar refractivity (Wildman–Crippen MR) is 116 cm³/mol. The smallest absolute Gasteiger partial charge is 0.225 e. The Morgan fingerprint density at radius 3 is 2.03 bits per heavy atom.